The van der Waals surface area contributed by atoms with E-state index in [4.69, 9.17) is 23.2 Å². The van der Waals surface area contributed by atoms with E-state index in [9.17, 15) is 9.59 Å². The Bertz CT molecular complexity index is 766. The van der Waals surface area contributed by atoms with Gasteiger partial charge in [0.2, 0.25) is 11.8 Å². The van der Waals surface area contributed by atoms with Crippen molar-refractivity contribution in [1.82, 2.24) is 4.90 Å². The van der Waals surface area contributed by atoms with Crippen molar-refractivity contribution >= 4 is 62.3 Å². The third-order valence-electron chi connectivity index (χ3n) is 3.20. The minimum atomic E-state index is -0.314. The third kappa shape index (κ3) is 6.01. The zero-order valence-electron chi connectivity index (χ0n) is 13.4. The van der Waals surface area contributed by atoms with Crippen LogP contribution in [0.15, 0.2) is 46.9 Å². The van der Waals surface area contributed by atoms with Crippen LogP contribution in [0.3, 0.4) is 0 Å². The van der Waals surface area contributed by atoms with Crippen LogP contribution in [0.4, 0.5) is 11.4 Å². The van der Waals surface area contributed by atoms with Crippen molar-refractivity contribution in [2.45, 2.75) is 0 Å². The van der Waals surface area contributed by atoms with E-state index >= 15 is 0 Å². The van der Waals surface area contributed by atoms with Crippen molar-refractivity contribution in [3.63, 3.8) is 0 Å². The van der Waals surface area contributed by atoms with Gasteiger partial charge in [0.05, 0.1) is 34.5 Å². The average molecular weight is 445 g/mol. The largest absolute Gasteiger partial charge is 0.324 e. The molecule has 0 fully saturated rings. The second-order valence-corrected chi connectivity index (χ2v) is 7.01. The van der Waals surface area contributed by atoms with Crippen LogP contribution in [0, 0.1) is 0 Å². The minimum Gasteiger partial charge on any atom is -0.324 e. The highest BCUT2D eigenvalue weighted by Gasteiger charge is 2.14. The second kappa shape index (κ2) is 9.20. The summed E-state index contributed by atoms with van der Waals surface area (Å²) in [6.45, 7) is 0.0793. The number of amides is 2. The van der Waals surface area contributed by atoms with E-state index < -0.39 is 0 Å². The van der Waals surface area contributed by atoms with E-state index in [1.807, 2.05) is 18.2 Å². The van der Waals surface area contributed by atoms with Crippen molar-refractivity contribution in [3.8, 4) is 0 Å². The Morgan fingerprint density at radius 2 is 1.52 bits per heavy atom. The molecule has 0 aliphatic carbocycles. The molecule has 132 valence electrons. The van der Waals surface area contributed by atoms with Crippen LogP contribution < -0.4 is 10.6 Å². The molecular weight excluding hydrogens is 429 g/mol. The molecule has 2 aromatic rings. The van der Waals surface area contributed by atoms with Crippen molar-refractivity contribution in [2.24, 2.45) is 0 Å². The van der Waals surface area contributed by atoms with Crippen LogP contribution >= 0.6 is 39.1 Å². The molecule has 2 rings (SSSR count). The monoisotopic (exact) mass is 443 g/mol. The van der Waals surface area contributed by atoms with Gasteiger partial charge in [-0.05, 0) is 47.2 Å². The summed E-state index contributed by atoms with van der Waals surface area (Å²) in [5, 5.41) is 6.15. The molecule has 0 atom stereocenters. The van der Waals surface area contributed by atoms with Crippen LogP contribution in [-0.2, 0) is 9.59 Å². The molecule has 2 aromatic carbocycles. The molecule has 5 nitrogen and oxygen atoms in total. The van der Waals surface area contributed by atoms with Crippen LogP contribution in [0.1, 0.15) is 0 Å². The molecule has 0 radical (unpaired) electrons. The average Bonchev–Trinajstić information content (AvgIpc) is 2.53. The van der Waals surface area contributed by atoms with Gasteiger partial charge < -0.3 is 10.6 Å². The lowest BCUT2D eigenvalue weighted by Gasteiger charge is -2.17. The van der Waals surface area contributed by atoms with Crippen molar-refractivity contribution < 1.29 is 9.59 Å². The molecule has 0 saturated carbocycles. The molecule has 8 heteroatoms. The smallest absolute Gasteiger partial charge is 0.238 e. The number of carbonyl (C=O) groups is 2. The lowest BCUT2D eigenvalue weighted by atomic mass is 10.3. The second-order valence-electron chi connectivity index (χ2n) is 5.35. The van der Waals surface area contributed by atoms with Gasteiger partial charge >= 0.3 is 0 Å². The summed E-state index contributed by atoms with van der Waals surface area (Å²) in [6, 6.07) is 12.3. The summed E-state index contributed by atoms with van der Waals surface area (Å²) >= 11 is 15.4. The summed E-state index contributed by atoms with van der Waals surface area (Å²) in [7, 11) is 1.67. The molecule has 0 bridgehead atoms. The number of halogens is 3. The zero-order valence-corrected chi connectivity index (χ0v) is 16.5. The highest BCUT2D eigenvalue weighted by molar-refractivity contribution is 9.10. The summed E-state index contributed by atoms with van der Waals surface area (Å²) in [5.41, 5.74) is 1.04. The van der Waals surface area contributed by atoms with Crippen molar-refractivity contribution in [3.05, 3.63) is 57.0 Å². The van der Waals surface area contributed by atoms with Crippen molar-refractivity contribution in [1.29, 1.82) is 0 Å². The number of nitrogens with zero attached hydrogens (tertiary/aromatic N) is 1. The Balaban J connectivity index is 1.87. The lowest BCUT2D eigenvalue weighted by molar-refractivity contribution is -0.119. The SMILES string of the molecule is CN(CC(=O)Nc1ccccc1Br)CC(=O)Nc1c(Cl)cccc1Cl. The Kier molecular flexibility index (Phi) is 7.25. The predicted molar refractivity (Wildman–Crippen MR) is 105 cm³/mol. The fraction of sp³-hybridized carbons (Fsp3) is 0.176. The van der Waals surface area contributed by atoms with E-state index in [2.05, 4.69) is 26.6 Å². The highest BCUT2D eigenvalue weighted by Crippen LogP contribution is 2.29. The molecule has 0 heterocycles. The number of benzene rings is 2. The molecule has 0 unspecified atom stereocenters. The molecular formula is C17H16BrCl2N3O2. The number of carbonyl (C=O) groups excluding carboxylic acids is 2. The quantitative estimate of drug-likeness (QED) is 0.699. The topological polar surface area (TPSA) is 61.4 Å². The van der Waals surface area contributed by atoms with Crippen LogP contribution in [-0.4, -0.2) is 36.9 Å². The van der Waals surface area contributed by atoms with E-state index in [-0.39, 0.29) is 24.9 Å². The van der Waals surface area contributed by atoms with Gasteiger partial charge in [0.1, 0.15) is 0 Å². The van der Waals surface area contributed by atoms with Gasteiger partial charge in [-0.15, -0.1) is 0 Å². The Labute approximate surface area is 164 Å². The van der Waals surface area contributed by atoms with Crippen LogP contribution in [0.2, 0.25) is 10.0 Å². The number of likely N-dealkylation sites (N-methyl/N-ethyl adjacent to an activating group) is 1. The molecule has 0 aliphatic rings. The first kappa shape index (κ1) is 19.7. The van der Waals surface area contributed by atoms with E-state index in [1.54, 1.807) is 36.2 Å². The number of nitrogens with one attached hydrogen (secondary N) is 2. The summed E-state index contributed by atoms with van der Waals surface area (Å²) in [5.74, 6) is -0.538. The highest BCUT2D eigenvalue weighted by atomic mass is 79.9. The first-order valence-electron chi connectivity index (χ1n) is 7.33. The Hall–Kier alpha value is -1.60. The van der Waals surface area contributed by atoms with Gasteiger partial charge in [0.25, 0.3) is 0 Å². The number of anilines is 2. The van der Waals surface area contributed by atoms with E-state index in [0.717, 1.165) is 4.47 Å². The molecule has 0 aromatic heterocycles. The normalized spacial score (nSPS) is 10.6. The van der Waals surface area contributed by atoms with E-state index in [0.29, 0.717) is 21.4 Å². The first-order chi connectivity index (χ1) is 11.9. The first-order valence-corrected chi connectivity index (χ1v) is 8.88. The Morgan fingerprint density at radius 1 is 0.960 bits per heavy atom. The van der Waals surface area contributed by atoms with Crippen LogP contribution in [0.5, 0.6) is 0 Å². The molecule has 0 spiro atoms. The maximum Gasteiger partial charge on any atom is 0.238 e. The summed E-state index contributed by atoms with van der Waals surface area (Å²) in [6.07, 6.45) is 0. The van der Waals surface area contributed by atoms with Gasteiger partial charge in [-0.3, -0.25) is 14.5 Å². The van der Waals surface area contributed by atoms with E-state index in [1.165, 1.54) is 0 Å². The maximum atomic E-state index is 12.1. The lowest BCUT2D eigenvalue weighted by Crippen LogP contribution is -2.36. The Morgan fingerprint density at radius 3 is 2.12 bits per heavy atom. The molecule has 2 N–H and O–H groups in total. The molecule has 0 saturated heterocycles. The zero-order chi connectivity index (χ0) is 18.4. The van der Waals surface area contributed by atoms with Gasteiger partial charge in [0.15, 0.2) is 0 Å². The number of rotatable bonds is 6. The summed E-state index contributed by atoms with van der Waals surface area (Å²) < 4.78 is 0.789. The van der Waals surface area contributed by atoms with Gasteiger partial charge in [-0.25, -0.2) is 0 Å². The van der Waals surface area contributed by atoms with Crippen molar-refractivity contribution in [2.75, 3.05) is 30.8 Å². The fourth-order valence-electron chi connectivity index (χ4n) is 2.09. The van der Waals surface area contributed by atoms with Gasteiger partial charge in [-0.1, -0.05) is 41.4 Å². The maximum absolute atomic E-state index is 12.1. The molecule has 25 heavy (non-hydrogen) atoms. The molecule has 2 amide bonds. The van der Waals surface area contributed by atoms with Crippen LogP contribution in [0.25, 0.3) is 0 Å². The number of para-hydroxylation sites is 2. The number of hydrogen-bond donors (Lipinski definition) is 2. The fourth-order valence-corrected chi connectivity index (χ4v) is 2.97. The third-order valence-corrected chi connectivity index (χ3v) is 4.52. The minimum absolute atomic E-state index is 0.0188. The van der Waals surface area contributed by atoms with Gasteiger partial charge in [0, 0.05) is 4.47 Å². The number of hydrogen-bond acceptors (Lipinski definition) is 3. The van der Waals surface area contributed by atoms with Gasteiger partial charge in [-0.2, -0.15) is 0 Å². The standard InChI is InChI=1S/C17H16BrCl2N3O2/c1-23(9-15(24)21-14-8-3-2-5-11(14)18)10-16(25)22-17-12(19)6-4-7-13(17)20/h2-8H,9-10H2,1H3,(H,21,24)(H,22,25). The predicted octanol–water partition coefficient (Wildman–Crippen LogP) is 4.26. The summed E-state index contributed by atoms with van der Waals surface area (Å²) in [4.78, 5) is 25.8. The molecule has 0 aliphatic heterocycles.